The summed E-state index contributed by atoms with van der Waals surface area (Å²) in [6, 6.07) is 6.02. The molecule has 0 amide bonds. The van der Waals surface area contributed by atoms with Crippen molar-refractivity contribution in [1.82, 2.24) is 0 Å². The number of hydrogen-bond acceptors (Lipinski definition) is 4. The zero-order chi connectivity index (χ0) is 13.6. The van der Waals surface area contributed by atoms with E-state index in [0.717, 1.165) is 11.1 Å². The molecule has 0 aliphatic heterocycles. The highest BCUT2D eigenvalue weighted by Gasteiger charge is 2.25. The van der Waals surface area contributed by atoms with Crippen molar-refractivity contribution in [3.05, 3.63) is 34.9 Å². The van der Waals surface area contributed by atoms with Crippen LogP contribution in [-0.4, -0.2) is 13.2 Å². The average molecular weight is 272 g/mol. The Hall–Kier alpha value is -0.670. The van der Waals surface area contributed by atoms with Gasteiger partial charge in [0.2, 0.25) is 0 Å². The molecule has 18 heavy (non-hydrogen) atoms. The summed E-state index contributed by atoms with van der Waals surface area (Å²) in [5.74, 6) is 0. The third-order valence-corrected chi connectivity index (χ3v) is 4.04. The van der Waals surface area contributed by atoms with Crippen molar-refractivity contribution in [3.63, 3.8) is 0 Å². The molecule has 1 aromatic rings. The Labute approximate surface area is 109 Å². The highest BCUT2D eigenvalue weighted by Crippen LogP contribution is 2.49. The van der Waals surface area contributed by atoms with Crippen LogP contribution in [0, 0.1) is 13.8 Å². The normalized spacial score (nSPS) is 11.8. The SMILES string of the molecule is CCOP(=O)(OCC)OCc1ccc(C)cc1C. The summed E-state index contributed by atoms with van der Waals surface area (Å²) in [5, 5.41) is 0. The quantitative estimate of drug-likeness (QED) is 0.704. The van der Waals surface area contributed by atoms with E-state index in [4.69, 9.17) is 13.6 Å². The second kappa shape index (κ2) is 7.05. The van der Waals surface area contributed by atoms with Crippen molar-refractivity contribution in [2.45, 2.75) is 34.3 Å². The van der Waals surface area contributed by atoms with Crippen LogP contribution in [0.5, 0.6) is 0 Å². The van der Waals surface area contributed by atoms with Gasteiger partial charge in [0.05, 0.1) is 19.8 Å². The van der Waals surface area contributed by atoms with E-state index in [1.807, 2.05) is 26.0 Å². The Morgan fingerprint density at radius 1 is 1.06 bits per heavy atom. The van der Waals surface area contributed by atoms with Gasteiger partial charge in [-0.2, -0.15) is 0 Å². The molecule has 0 saturated heterocycles. The molecule has 0 heterocycles. The fraction of sp³-hybridized carbons (Fsp3) is 0.538. The van der Waals surface area contributed by atoms with Gasteiger partial charge in [0, 0.05) is 0 Å². The van der Waals surface area contributed by atoms with E-state index in [1.165, 1.54) is 5.56 Å². The van der Waals surface area contributed by atoms with Gasteiger partial charge < -0.3 is 0 Å². The van der Waals surface area contributed by atoms with Crippen molar-refractivity contribution in [3.8, 4) is 0 Å². The van der Waals surface area contributed by atoms with Gasteiger partial charge in [-0.15, -0.1) is 0 Å². The summed E-state index contributed by atoms with van der Waals surface area (Å²) in [7, 11) is -3.42. The Kier molecular flexibility index (Phi) is 6.03. The predicted molar refractivity (Wildman–Crippen MR) is 71.6 cm³/mol. The van der Waals surface area contributed by atoms with Crippen molar-refractivity contribution in [2.24, 2.45) is 0 Å². The molecule has 4 nitrogen and oxygen atoms in total. The number of rotatable bonds is 7. The molecule has 0 saturated carbocycles. The minimum Gasteiger partial charge on any atom is -0.287 e. The average Bonchev–Trinajstić information content (AvgIpc) is 2.28. The van der Waals surface area contributed by atoms with Gasteiger partial charge in [0.1, 0.15) is 0 Å². The van der Waals surface area contributed by atoms with E-state index >= 15 is 0 Å². The number of phosphoric acid groups is 1. The maximum atomic E-state index is 12.1. The van der Waals surface area contributed by atoms with Crippen LogP contribution in [0.2, 0.25) is 0 Å². The van der Waals surface area contributed by atoms with Crippen LogP contribution < -0.4 is 0 Å². The van der Waals surface area contributed by atoms with Crippen LogP contribution in [0.15, 0.2) is 18.2 Å². The lowest BCUT2D eigenvalue weighted by Gasteiger charge is -2.17. The molecule has 0 atom stereocenters. The second-order valence-corrected chi connectivity index (χ2v) is 5.66. The first kappa shape index (κ1) is 15.4. The van der Waals surface area contributed by atoms with Crippen molar-refractivity contribution in [2.75, 3.05) is 13.2 Å². The molecule has 0 aliphatic rings. The summed E-state index contributed by atoms with van der Waals surface area (Å²) in [6.45, 7) is 8.36. The minimum atomic E-state index is -3.42. The standard InChI is InChI=1S/C13H21O4P/c1-5-15-18(14,16-6-2)17-10-13-8-7-11(3)9-12(13)4/h7-9H,5-6,10H2,1-4H3. The number of hydrogen-bond donors (Lipinski definition) is 0. The van der Waals surface area contributed by atoms with Crippen LogP contribution in [0.1, 0.15) is 30.5 Å². The summed E-state index contributed by atoms with van der Waals surface area (Å²) in [6.07, 6.45) is 0. The van der Waals surface area contributed by atoms with Gasteiger partial charge in [-0.05, 0) is 38.8 Å². The topological polar surface area (TPSA) is 44.8 Å². The highest BCUT2D eigenvalue weighted by atomic mass is 31.2. The summed E-state index contributed by atoms with van der Waals surface area (Å²) in [4.78, 5) is 0. The third-order valence-electron chi connectivity index (χ3n) is 2.45. The molecule has 0 aliphatic carbocycles. The Morgan fingerprint density at radius 2 is 1.67 bits per heavy atom. The van der Waals surface area contributed by atoms with Crippen LogP contribution in [0.4, 0.5) is 0 Å². The van der Waals surface area contributed by atoms with E-state index < -0.39 is 7.82 Å². The van der Waals surface area contributed by atoms with Gasteiger partial charge in [0.15, 0.2) is 0 Å². The summed E-state index contributed by atoms with van der Waals surface area (Å²) >= 11 is 0. The molecule has 0 radical (unpaired) electrons. The summed E-state index contributed by atoms with van der Waals surface area (Å²) in [5.41, 5.74) is 3.28. The van der Waals surface area contributed by atoms with Gasteiger partial charge >= 0.3 is 7.82 Å². The third kappa shape index (κ3) is 4.54. The first-order chi connectivity index (χ1) is 8.50. The smallest absolute Gasteiger partial charge is 0.287 e. The fourth-order valence-corrected chi connectivity index (χ4v) is 2.74. The lowest BCUT2D eigenvalue weighted by Crippen LogP contribution is -2.01. The lowest BCUT2D eigenvalue weighted by atomic mass is 10.1. The zero-order valence-corrected chi connectivity index (χ0v) is 12.3. The molecule has 0 N–H and O–H groups in total. The molecule has 0 bridgehead atoms. The summed E-state index contributed by atoms with van der Waals surface area (Å²) < 4.78 is 27.6. The molecule has 0 unspecified atom stereocenters. The fourth-order valence-electron chi connectivity index (χ4n) is 1.58. The van der Waals surface area contributed by atoms with Crippen LogP contribution >= 0.6 is 7.82 Å². The minimum absolute atomic E-state index is 0.226. The largest absolute Gasteiger partial charge is 0.475 e. The molecule has 1 aromatic carbocycles. The molecular formula is C13H21O4P. The second-order valence-electron chi connectivity index (χ2n) is 3.99. The van der Waals surface area contributed by atoms with Gasteiger partial charge in [-0.25, -0.2) is 4.57 Å². The van der Waals surface area contributed by atoms with Gasteiger partial charge in [-0.3, -0.25) is 13.6 Å². The zero-order valence-electron chi connectivity index (χ0n) is 11.4. The van der Waals surface area contributed by atoms with Crippen molar-refractivity contribution in [1.29, 1.82) is 0 Å². The van der Waals surface area contributed by atoms with E-state index in [9.17, 15) is 4.57 Å². The van der Waals surface area contributed by atoms with E-state index in [-0.39, 0.29) is 6.61 Å². The molecule has 102 valence electrons. The molecule has 0 spiro atoms. The van der Waals surface area contributed by atoms with Gasteiger partial charge in [0.25, 0.3) is 0 Å². The molecule has 1 rings (SSSR count). The number of benzene rings is 1. The maximum Gasteiger partial charge on any atom is 0.475 e. The van der Waals surface area contributed by atoms with Crippen molar-refractivity contribution >= 4 is 7.82 Å². The van der Waals surface area contributed by atoms with E-state index in [2.05, 4.69) is 6.07 Å². The first-order valence-corrected chi connectivity index (χ1v) is 7.56. The number of aryl methyl sites for hydroxylation is 2. The maximum absolute atomic E-state index is 12.1. The van der Waals surface area contributed by atoms with E-state index in [0.29, 0.717) is 13.2 Å². The van der Waals surface area contributed by atoms with Crippen LogP contribution in [0.25, 0.3) is 0 Å². The first-order valence-electron chi connectivity index (χ1n) is 6.10. The Morgan fingerprint density at radius 3 is 2.17 bits per heavy atom. The Bertz CT molecular complexity index is 421. The van der Waals surface area contributed by atoms with Crippen molar-refractivity contribution < 1.29 is 18.1 Å². The number of phosphoric ester groups is 1. The van der Waals surface area contributed by atoms with Crippen LogP contribution in [-0.2, 0) is 24.7 Å². The molecular weight excluding hydrogens is 251 g/mol. The predicted octanol–water partition coefficient (Wildman–Crippen LogP) is 4.00. The van der Waals surface area contributed by atoms with Crippen LogP contribution in [0.3, 0.4) is 0 Å². The Balaban J connectivity index is 2.69. The van der Waals surface area contributed by atoms with E-state index in [1.54, 1.807) is 13.8 Å². The van der Waals surface area contributed by atoms with Gasteiger partial charge in [-0.1, -0.05) is 23.8 Å². The molecule has 5 heteroatoms. The molecule has 0 fully saturated rings. The monoisotopic (exact) mass is 272 g/mol. The highest BCUT2D eigenvalue weighted by molar-refractivity contribution is 7.48. The lowest BCUT2D eigenvalue weighted by molar-refractivity contribution is 0.116. The molecule has 0 aromatic heterocycles.